The molecular formula is C28H56N2O6. The van der Waals surface area contributed by atoms with Gasteiger partial charge in [0.25, 0.3) is 0 Å². The molecule has 8 heteroatoms. The number of hydrogen-bond donors (Lipinski definition) is 1. The summed E-state index contributed by atoms with van der Waals surface area (Å²) in [6.07, 6.45) is 13.9. The van der Waals surface area contributed by atoms with Crippen LogP contribution in [0.3, 0.4) is 0 Å². The number of hydrogen-bond acceptors (Lipinski definition) is 7. The molecule has 0 aromatic rings. The van der Waals surface area contributed by atoms with E-state index in [4.69, 9.17) is 18.9 Å². The van der Waals surface area contributed by atoms with Gasteiger partial charge in [-0.15, -0.1) is 0 Å². The fourth-order valence-electron chi connectivity index (χ4n) is 4.31. The van der Waals surface area contributed by atoms with Crippen LogP contribution in [-0.2, 0) is 23.7 Å². The molecule has 0 bridgehead atoms. The van der Waals surface area contributed by atoms with Crippen LogP contribution in [0.4, 0.5) is 0 Å². The molecule has 214 valence electrons. The molecule has 1 N–H and O–H groups in total. The summed E-state index contributed by atoms with van der Waals surface area (Å²) in [5.41, 5.74) is 0. The van der Waals surface area contributed by atoms with Crippen molar-refractivity contribution < 1.29 is 28.8 Å². The number of unbranched alkanes of at least 4 members (excludes halogenated alkanes) is 9. The van der Waals surface area contributed by atoms with Gasteiger partial charge >= 0.3 is 5.97 Å². The molecule has 0 aromatic heterocycles. The lowest BCUT2D eigenvalue weighted by Gasteiger charge is -2.33. The van der Waals surface area contributed by atoms with Gasteiger partial charge in [-0.2, -0.15) is 0 Å². The lowest BCUT2D eigenvalue weighted by atomic mass is 10.1. The molecule has 1 aliphatic heterocycles. The van der Waals surface area contributed by atoms with E-state index >= 15 is 0 Å². The van der Waals surface area contributed by atoms with Crippen molar-refractivity contribution in [2.24, 2.45) is 5.92 Å². The van der Waals surface area contributed by atoms with Crippen LogP contribution in [0.25, 0.3) is 0 Å². The predicted molar refractivity (Wildman–Crippen MR) is 145 cm³/mol. The van der Waals surface area contributed by atoms with Gasteiger partial charge in [-0.3, -0.25) is 9.69 Å². The zero-order valence-corrected chi connectivity index (χ0v) is 23.4. The van der Waals surface area contributed by atoms with Gasteiger partial charge in [-0.25, -0.2) is 0 Å². The molecule has 1 aliphatic rings. The molecule has 0 saturated carbocycles. The SMILES string of the molecule is CCCCCCCCCCCCOCCOCCOCCOCCC(CN1CCN(C)CC1)C(=O)O. The molecule has 1 fully saturated rings. The Morgan fingerprint density at radius 1 is 0.667 bits per heavy atom. The Labute approximate surface area is 221 Å². The van der Waals surface area contributed by atoms with Gasteiger partial charge in [0.2, 0.25) is 0 Å². The van der Waals surface area contributed by atoms with Crippen molar-refractivity contribution in [1.29, 1.82) is 0 Å². The van der Waals surface area contributed by atoms with Crippen molar-refractivity contribution in [3.63, 3.8) is 0 Å². The second-order valence-corrected chi connectivity index (χ2v) is 10.1. The lowest BCUT2D eigenvalue weighted by Crippen LogP contribution is -2.47. The highest BCUT2D eigenvalue weighted by molar-refractivity contribution is 5.70. The molecular weight excluding hydrogens is 460 g/mol. The highest BCUT2D eigenvalue weighted by Gasteiger charge is 2.23. The van der Waals surface area contributed by atoms with E-state index < -0.39 is 5.97 Å². The minimum atomic E-state index is -0.738. The zero-order valence-electron chi connectivity index (χ0n) is 23.4. The van der Waals surface area contributed by atoms with Crippen LogP contribution >= 0.6 is 0 Å². The maximum atomic E-state index is 11.5. The molecule has 0 amide bonds. The van der Waals surface area contributed by atoms with E-state index in [1.165, 1.54) is 57.8 Å². The number of carbonyl (C=O) groups is 1. The first-order chi connectivity index (χ1) is 17.6. The average Bonchev–Trinajstić information content (AvgIpc) is 2.87. The van der Waals surface area contributed by atoms with E-state index in [1.807, 2.05) is 0 Å². The van der Waals surface area contributed by atoms with Crippen LogP contribution in [-0.4, -0.2) is 114 Å². The minimum Gasteiger partial charge on any atom is -0.481 e. The molecule has 0 spiro atoms. The first-order valence-electron chi connectivity index (χ1n) is 14.6. The van der Waals surface area contributed by atoms with Crippen molar-refractivity contribution >= 4 is 5.97 Å². The molecule has 1 rings (SSSR count). The molecule has 0 radical (unpaired) electrons. The van der Waals surface area contributed by atoms with Crippen molar-refractivity contribution in [2.45, 2.75) is 77.6 Å². The Hall–Kier alpha value is -0.770. The summed E-state index contributed by atoms with van der Waals surface area (Å²) in [5.74, 6) is -1.12. The number of aliphatic carboxylic acids is 1. The smallest absolute Gasteiger partial charge is 0.307 e. The topological polar surface area (TPSA) is 80.7 Å². The van der Waals surface area contributed by atoms with E-state index in [1.54, 1.807) is 0 Å². The second-order valence-electron chi connectivity index (χ2n) is 10.1. The minimum absolute atomic E-state index is 0.380. The third-order valence-corrected chi connectivity index (χ3v) is 6.79. The van der Waals surface area contributed by atoms with E-state index in [-0.39, 0.29) is 5.92 Å². The maximum absolute atomic E-state index is 11.5. The largest absolute Gasteiger partial charge is 0.481 e. The number of piperazine rings is 1. The summed E-state index contributed by atoms with van der Waals surface area (Å²) in [5, 5.41) is 9.49. The number of ether oxygens (including phenoxy) is 4. The number of carboxylic acid groups (broad SMARTS) is 1. The summed E-state index contributed by atoms with van der Waals surface area (Å²) in [7, 11) is 2.10. The Balaban J connectivity index is 1.78. The van der Waals surface area contributed by atoms with E-state index in [2.05, 4.69) is 23.8 Å². The van der Waals surface area contributed by atoms with Gasteiger partial charge in [-0.1, -0.05) is 64.7 Å². The Kier molecular flexibility index (Phi) is 22.7. The summed E-state index contributed by atoms with van der Waals surface area (Å²) in [6.45, 7) is 11.3. The monoisotopic (exact) mass is 516 g/mol. The molecule has 1 saturated heterocycles. The van der Waals surface area contributed by atoms with E-state index in [0.29, 0.717) is 59.2 Å². The fraction of sp³-hybridized carbons (Fsp3) is 0.964. The molecule has 1 heterocycles. The quantitative estimate of drug-likeness (QED) is 0.170. The summed E-state index contributed by atoms with van der Waals surface area (Å²) >= 11 is 0. The lowest BCUT2D eigenvalue weighted by molar-refractivity contribution is -0.143. The van der Waals surface area contributed by atoms with Gasteiger partial charge in [0, 0.05) is 45.9 Å². The predicted octanol–water partition coefficient (Wildman–Crippen LogP) is 4.31. The zero-order chi connectivity index (χ0) is 26.1. The standard InChI is InChI=1S/C28H56N2O6/c1-3-4-5-6-7-8-9-10-11-12-18-33-20-22-35-24-25-36-23-21-34-19-13-27(28(31)32)26-30-16-14-29(2)15-17-30/h27H,3-26H2,1-2H3,(H,31,32). The third kappa shape index (κ3) is 20.3. The second kappa shape index (κ2) is 24.6. The van der Waals surface area contributed by atoms with Gasteiger partial charge in [0.1, 0.15) is 0 Å². The fourth-order valence-corrected chi connectivity index (χ4v) is 4.31. The van der Waals surface area contributed by atoms with Crippen molar-refractivity contribution in [3.05, 3.63) is 0 Å². The Morgan fingerprint density at radius 3 is 1.61 bits per heavy atom. The van der Waals surface area contributed by atoms with Gasteiger partial charge in [-0.05, 0) is 19.9 Å². The first kappa shape index (κ1) is 33.3. The Bertz CT molecular complexity index is 489. The van der Waals surface area contributed by atoms with Crippen LogP contribution < -0.4 is 0 Å². The molecule has 1 atom stereocenters. The highest BCUT2D eigenvalue weighted by atomic mass is 16.6. The summed E-state index contributed by atoms with van der Waals surface area (Å²) < 4.78 is 22.3. The third-order valence-electron chi connectivity index (χ3n) is 6.79. The van der Waals surface area contributed by atoms with Crippen LogP contribution in [0.1, 0.15) is 77.6 Å². The van der Waals surface area contributed by atoms with Crippen LogP contribution in [0.15, 0.2) is 0 Å². The van der Waals surface area contributed by atoms with Crippen molar-refractivity contribution in [3.8, 4) is 0 Å². The van der Waals surface area contributed by atoms with Crippen LogP contribution in [0.5, 0.6) is 0 Å². The number of carboxylic acids is 1. The first-order valence-corrected chi connectivity index (χ1v) is 14.6. The molecule has 0 aromatic carbocycles. The van der Waals surface area contributed by atoms with Crippen molar-refractivity contribution in [2.75, 3.05) is 92.6 Å². The normalized spacial score (nSPS) is 15.9. The van der Waals surface area contributed by atoms with E-state index in [9.17, 15) is 9.90 Å². The van der Waals surface area contributed by atoms with Crippen LogP contribution in [0, 0.1) is 5.92 Å². The Morgan fingerprint density at radius 2 is 1.11 bits per heavy atom. The molecule has 0 aliphatic carbocycles. The summed E-state index contributed by atoms with van der Waals surface area (Å²) in [4.78, 5) is 16.1. The van der Waals surface area contributed by atoms with E-state index in [0.717, 1.165) is 39.2 Å². The van der Waals surface area contributed by atoms with Crippen molar-refractivity contribution in [1.82, 2.24) is 9.80 Å². The highest BCUT2D eigenvalue weighted by Crippen LogP contribution is 2.11. The van der Waals surface area contributed by atoms with Gasteiger partial charge in [0.15, 0.2) is 0 Å². The molecule has 1 unspecified atom stereocenters. The van der Waals surface area contributed by atoms with Gasteiger partial charge < -0.3 is 29.0 Å². The van der Waals surface area contributed by atoms with Crippen LogP contribution in [0.2, 0.25) is 0 Å². The number of rotatable bonds is 26. The number of nitrogens with zero attached hydrogens (tertiary/aromatic N) is 2. The molecule has 8 nitrogen and oxygen atoms in total. The molecule has 36 heavy (non-hydrogen) atoms. The summed E-state index contributed by atoms with van der Waals surface area (Å²) in [6, 6.07) is 0. The average molecular weight is 517 g/mol. The maximum Gasteiger partial charge on any atom is 0.307 e. The van der Waals surface area contributed by atoms with Gasteiger partial charge in [0.05, 0.1) is 45.6 Å². The number of likely N-dealkylation sites (N-methyl/N-ethyl adjacent to an activating group) is 1.